The Morgan fingerprint density at radius 1 is 1.12 bits per heavy atom. The second kappa shape index (κ2) is 12.9. The van der Waals surface area contributed by atoms with Crippen LogP contribution in [0.1, 0.15) is 49.2 Å². The fraction of sp³-hybridized carbons (Fsp3) is 0.517. The van der Waals surface area contributed by atoms with Crippen molar-refractivity contribution in [2.45, 2.75) is 69.4 Å². The Hall–Kier alpha value is -3.64. The molecule has 1 aromatic heterocycles. The second-order valence-corrected chi connectivity index (χ2v) is 12.0. The fourth-order valence-electron chi connectivity index (χ4n) is 5.95. The van der Waals surface area contributed by atoms with Crippen molar-refractivity contribution in [3.63, 3.8) is 0 Å². The maximum absolute atomic E-state index is 14.0. The van der Waals surface area contributed by atoms with Gasteiger partial charge in [0, 0.05) is 24.0 Å². The molecule has 3 aliphatic rings. The number of amidine groups is 1. The van der Waals surface area contributed by atoms with Gasteiger partial charge in [0.25, 0.3) is 6.02 Å². The Bertz CT molecular complexity index is 1230. The second-order valence-electron chi connectivity index (χ2n) is 11.0. The van der Waals surface area contributed by atoms with Gasteiger partial charge in [0.2, 0.25) is 11.8 Å². The molecule has 5 N–H and O–H groups in total. The summed E-state index contributed by atoms with van der Waals surface area (Å²) >= 11 is 1.54. The Morgan fingerprint density at radius 2 is 1.88 bits per heavy atom. The number of hydrogen-bond donors (Lipinski definition) is 4. The predicted octanol–water partition coefficient (Wildman–Crippen LogP) is 2.55. The van der Waals surface area contributed by atoms with Gasteiger partial charge in [0.05, 0.1) is 19.1 Å². The third kappa shape index (κ3) is 6.82. The zero-order valence-electron chi connectivity index (χ0n) is 23.1. The summed E-state index contributed by atoms with van der Waals surface area (Å²) in [7, 11) is 0. The molecule has 5 rings (SSSR count). The number of carbonyl (C=O) groups is 3. The van der Waals surface area contributed by atoms with Crippen molar-refractivity contribution in [3.8, 4) is 0 Å². The Morgan fingerprint density at radius 3 is 2.56 bits per heavy atom. The van der Waals surface area contributed by atoms with Crippen LogP contribution in [0.15, 0.2) is 52.8 Å². The molecule has 0 bridgehead atoms. The molecule has 0 radical (unpaired) electrons. The van der Waals surface area contributed by atoms with E-state index in [4.69, 9.17) is 15.5 Å². The van der Waals surface area contributed by atoms with Gasteiger partial charge in [-0.3, -0.25) is 9.59 Å². The van der Waals surface area contributed by atoms with Gasteiger partial charge in [-0.05, 0) is 55.5 Å². The lowest BCUT2D eigenvalue weighted by atomic mass is 9.81. The Balaban J connectivity index is 1.34. The predicted molar refractivity (Wildman–Crippen MR) is 155 cm³/mol. The van der Waals surface area contributed by atoms with Crippen molar-refractivity contribution >= 4 is 35.3 Å². The molecular formula is C29H38N6O5S. The average molecular weight is 583 g/mol. The number of aliphatic imine (C=N–C) groups is 1. The number of amides is 3. The van der Waals surface area contributed by atoms with Crippen molar-refractivity contribution in [2.75, 3.05) is 19.6 Å². The van der Waals surface area contributed by atoms with E-state index in [9.17, 15) is 19.5 Å². The number of thiophene rings is 1. The Kier molecular flexibility index (Phi) is 9.09. The van der Waals surface area contributed by atoms with Crippen molar-refractivity contribution < 1.29 is 24.2 Å². The topological polar surface area (TPSA) is 150 Å². The number of nitrogens with zero attached hydrogens (tertiary/aromatic N) is 3. The molecule has 3 heterocycles. The van der Waals surface area contributed by atoms with Crippen LogP contribution >= 0.6 is 11.3 Å². The molecule has 11 nitrogen and oxygen atoms in total. The number of piperazine rings is 1. The summed E-state index contributed by atoms with van der Waals surface area (Å²) in [6.45, 7) is 3.16. The first-order valence-corrected chi connectivity index (χ1v) is 15.1. The Labute approximate surface area is 243 Å². The first-order valence-electron chi connectivity index (χ1n) is 14.2. The van der Waals surface area contributed by atoms with E-state index in [1.54, 1.807) is 0 Å². The smallest absolute Gasteiger partial charge is 0.405 e. The molecule has 12 heteroatoms. The minimum Gasteiger partial charge on any atom is -0.465 e. The van der Waals surface area contributed by atoms with Gasteiger partial charge >= 0.3 is 6.09 Å². The number of nitrogens with two attached hydrogens (primary N) is 1. The van der Waals surface area contributed by atoms with Crippen LogP contribution in [0.25, 0.3) is 0 Å². The van der Waals surface area contributed by atoms with E-state index >= 15 is 0 Å². The van der Waals surface area contributed by atoms with Gasteiger partial charge in [-0.1, -0.05) is 36.4 Å². The SMILES string of the molecule is C[C@@H]1N=C(N2CCN(C(=O)[C@H](NC(=O)O)C3CCC(N)CC3)[C@H](C(=O)NCc3cccs3)C2)O[C@H]1c1ccccc1. The summed E-state index contributed by atoms with van der Waals surface area (Å²) in [6.07, 6.45) is 1.26. The molecule has 2 aliphatic heterocycles. The number of ether oxygens (including phenoxy) is 1. The quantitative estimate of drug-likeness (QED) is 0.392. The normalized spacial score (nSPS) is 27.0. The first-order chi connectivity index (χ1) is 19.8. The van der Waals surface area contributed by atoms with Crippen LogP contribution in [0.3, 0.4) is 0 Å². The highest BCUT2D eigenvalue weighted by Crippen LogP contribution is 2.31. The van der Waals surface area contributed by atoms with Crippen LogP contribution in [0.2, 0.25) is 0 Å². The van der Waals surface area contributed by atoms with E-state index in [0.717, 1.165) is 23.3 Å². The van der Waals surface area contributed by atoms with Crippen LogP contribution in [-0.4, -0.2) is 82.6 Å². The third-order valence-corrected chi connectivity index (χ3v) is 9.08. The zero-order valence-corrected chi connectivity index (χ0v) is 24.0. The number of hydrogen-bond acceptors (Lipinski definition) is 8. The van der Waals surface area contributed by atoms with Crippen molar-refractivity contribution in [1.29, 1.82) is 0 Å². The van der Waals surface area contributed by atoms with Crippen molar-refractivity contribution in [2.24, 2.45) is 16.6 Å². The van der Waals surface area contributed by atoms with Gasteiger partial charge in [-0.25, -0.2) is 9.79 Å². The van der Waals surface area contributed by atoms with Crippen molar-refractivity contribution in [3.05, 3.63) is 58.3 Å². The lowest BCUT2D eigenvalue weighted by molar-refractivity contribution is -0.146. The molecule has 41 heavy (non-hydrogen) atoms. The molecule has 1 aliphatic carbocycles. The van der Waals surface area contributed by atoms with E-state index in [2.05, 4.69) is 10.6 Å². The molecule has 1 aromatic carbocycles. The summed E-state index contributed by atoms with van der Waals surface area (Å²) in [5, 5.41) is 17.0. The molecule has 2 aromatic rings. The minimum atomic E-state index is -1.26. The first kappa shape index (κ1) is 28.9. The number of carbonyl (C=O) groups excluding carboxylic acids is 2. The minimum absolute atomic E-state index is 0.0560. The van der Waals surface area contributed by atoms with E-state index in [-0.39, 0.29) is 49.0 Å². The number of rotatable bonds is 7. The van der Waals surface area contributed by atoms with Crippen LogP contribution in [0.5, 0.6) is 0 Å². The van der Waals surface area contributed by atoms with E-state index in [1.165, 1.54) is 16.2 Å². The highest BCUT2D eigenvalue weighted by molar-refractivity contribution is 7.09. The lowest BCUT2D eigenvalue weighted by Crippen LogP contribution is -2.65. The van der Waals surface area contributed by atoms with E-state index < -0.39 is 18.2 Å². The molecular weight excluding hydrogens is 544 g/mol. The number of nitrogens with one attached hydrogen (secondary N) is 2. The van der Waals surface area contributed by atoms with Gasteiger partial charge in [-0.2, -0.15) is 0 Å². The molecule has 1 saturated heterocycles. The summed E-state index contributed by atoms with van der Waals surface area (Å²) in [4.78, 5) is 48.5. The third-order valence-electron chi connectivity index (χ3n) is 8.20. The van der Waals surface area contributed by atoms with Crippen LogP contribution in [0.4, 0.5) is 4.79 Å². The standard InChI is InChI=1S/C29H38N6O5S/c1-18-25(20-6-3-2-4-7-20)40-28(32-18)34-13-14-35(23(17-34)26(36)31-16-22-8-5-15-41-22)27(37)24(33-29(38)39)19-9-11-21(30)12-10-19/h2-8,15,18-19,21,23-25,33H,9-14,16-17,30H2,1H3,(H,31,36)(H,38,39)/t18-,19?,21?,23-,24+,25+/m0/s1. The van der Waals surface area contributed by atoms with E-state index in [1.807, 2.05) is 59.7 Å². The molecule has 2 fully saturated rings. The van der Waals surface area contributed by atoms with Gasteiger partial charge in [0.15, 0.2) is 0 Å². The molecule has 3 amide bonds. The molecule has 220 valence electrons. The maximum atomic E-state index is 14.0. The summed E-state index contributed by atoms with van der Waals surface area (Å²) in [5.41, 5.74) is 7.09. The lowest BCUT2D eigenvalue weighted by Gasteiger charge is -2.43. The molecule has 0 spiro atoms. The van der Waals surface area contributed by atoms with Crippen LogP contribution in [0, 0.1) is 5.92 Å². The van der Waals surface area contributed by atoms with Gasteiger partial charge in [0.1, 0.15) is 18.2 Å². The summed E-state index contributed by atoms with van der Waals surface area (Å²) < 4.78 is 6.29. The molecule has 0 unspecified atom stereocenters. The zero-order chi connectivity index (χ0) is 28.9. The van der Waals surface area contributed by atoms with E-state index in [0.29, 0.717) is 32.0 Å². The number of carboxylic acid groups (broad SMARTS) is 1. The van der Waals surface area contributed by atoms with Crippen LogP contribution in [-0.2, 0) is 20.9 Å². The highest BCUT2D eigenvalue weighted by atomic mass is 32.1. The van der Waals surface area contributed by atoms with Crippen molar-refractivity contribution in [1.82, 2.24) is 20.4 Å². The monoisotopic (exact) mass is 582 g/mol. The maximum Gasteiger partial charge on any atom is 0.405 e. The summed E-state index contributed by atoms with van der Waals surface area (Å²) in [6, 6.07) is 12.4. The highest BCUT2D eigenvalue weighted by Gasteiger charge is 2.43. The average Bonchev–Trinajstić information content (AvgIpc) is 3.65. The molecule has 4 atom stereocenters. The van der Waals surface area contributed by atoms with Gasteiger partial charge in [-0.15, -0.1) is 11.3 Å². The summed E-state index contributed by atoms with van der Waals surface area (Å²) in [5.74, 6) is -0.864. The number of benzene rings is 1. The van der Waals surface area contributed by atoms with Gasteiger partial charge < -0.3 is 36.0 Å². The largest absolute Gasteiger partial charge is 0.465 e. The molecule has 1 saturated carbocycles. The van der Waals surface area contributed by atoms with Crippen LogP contribution < -0.4 is 16.4 Å². The fourth-order valence-corrected chi connectivity index (χ4v) is 6.60.